The van der Waals surface area contributed by atoms with Crippen LogP contribution in [0.5, 0.6) is 0 Å². The quantitative estimate of drug-likeness (QED) is 0.445. The zero-order valence-corrected chi connectivity index (χ0v) is 19.0. The van der Waals surface area contributed by atoms with E-state index in [1.807, 2.05) is 0 Å². The van der Waals surface area contributed by atoms with Crippen molar-refractivity contribution in [3.8, 4) is 0 Å². The van der Waals surface area contributed by atoms with Crippen LogP contribution in [0.1, 0.15) is 45.0 Å². The van der Waals surface area contributed by atoms with E-state index in [0.29, 0.717) is 23.9 Å². The Hall–Kier alpha value is -3.66. The average Bonchev–Trinajstić information content (AvgIpc) is 3.15. The molecule has 9 nitrogen and oxygen atoms in total. The molecule has 0 spiro atoms. The molecule has 3 heterocycles. The monoisotopic (exact) mass is 470 g/mol. The minimum Gasteiger partial charge on any atom is -0.462 e. The minimum atomic E-state index is -0.779. The second kappa shape index (κ2) is 9.45. The van der Waals surface area contributed by atoms with E-state index in [1.165, 1.54) is 17.4 Å². The highest BCUT2D eigenvalue weighted by atomic mass is 32.1. The zero-order valence-electron chi connectivity index (χ0n) is 18.1. The Morgan fingerprint density at radius 3 is 2.67 bits per heavy atom. The number of hydrogen-bond donors (Lipinski definition) is 1. The molecule has 1 N–H and O–H groups in total. The van der Waals surface area contributed by atoms with Crippen LogP contribution in [0.3, 0.4) is 0 Å². The van der Waals surface area contributed by atoms with Gasteiger partial charge in [-0.2, -0.15) is 0 Å². The number of amides is 2. The Morgan fingerprint density at radius 1 is 1.15 bits per heavy atom. The smallest absolute Gasteiger partial charge is 0.410 e. The zero-order chi connectivity index (χ0) is 23.5. The lowest BCUT2D eigenvalue weighted by molar-refractivity contribution is 0.0526. The van der Waals surface area contributed by atoms with E-state index in [4.69, 9.17) is 13.9 Å². The number of ether oxygens (including phenoxy) is 2. The molecule has 10 heteroatoms. The molecule has 4 rings (SSSR count). The summed E-state index contributed by atoms with van der Waals surface area (Å²) in [6.07, 6.45) is -0.0270. The topological polar surface area (TPSA) is 115 Å². The van der Waals surface area contributed by atoms with Crippen molar-refractivity contribution in [1.82, 2.24) is 4.90 Å². The third-order valence-corrected chi connectivity index (χ3v) is 6.31. The van der Waals surface area contributed by atoms with E-state index >= 15 is 0 Å². The lowest BCUT2D eigenvalue weighted by Crippen LogP contribution is -2.36. The van der Waals surface area contributed by atoms with E-state index in [0.717, 1.165) is 10.4 Å². The molecule has 0 saturated heterocycles. The first-order valence-electron chi connectivity index (χ1n) is 10.5. The Kier molecular flexibility index (Phi) is 6.45. The Labute approximate surface area is 192 Å². The van der Waals surface area contributed by atoms with Crippen molar-refractivity contribution in [2.24, 2.45) is 0 Å². The van der Waals surface area contributed by atoms with E-state index in [2.05, 4.69) is 5.32 Å². The van der Waals surface area contributed by atoms with Crippen LogP contribution in [0.25, 0.3) is 11.0 Å². The number of rotatable bonds is 5. The van der Waals surface area contributed by atoms with Crippen molar-refractivity contribution in [3.05, 3.63) is 62.3 Å². The van der Waals surface area contributed by atoms with Gasteiger partial charge in [-0.1, -0.05) is 18.2 Å². The fourth-order valence-corrected chi connectivity index (χ4v) is 4.92. The number of carbonyl (C=O) groups is 3. The van der Waals surface area contributed by atoms with Crippen molar-refractivity contribution < 1.29 is 28.3 Å². The number of anilines is 1. The van der Waals surface area contributed by atoms with Crippen LogP contribution >= 0.6 is 11.3 Å². The summed E-state index contributed by atoms with van der Waals surface area (Å²) in [6, 6.07) is 8.32. The van der Waals surface area contributed by atoms with Gasteiger partial charge >= 0.3 is 17.7 Å². The van der Waals surface area contributed by atoms with Gasteiger partial charge in [0.25, 0.3) is 5.91 Å². The number of nitrogens with one attached hydrogen (secondary N) is 1. The number of carbonyl (C=O) groups excluding carboxylic acids is 3. The molecule has 172 valence electrons. The fraction of sp³-hybridized carbons (Fsp3) is 0.304. The summed E-state index contributed by atoms with van der Waals surface area (Å²) in [5.41, 5.74) is 0.386. The number of esters is 1. The maximum absolute atomic E-state index is 13.0. The second-order valence-electron chi connectivity index (χ2n) is 7.24. The third kappa shape index (κ3) is 4.47. The molecule has 3 aromatic rings. The number of nitrogens with zero attached hydrogens (tertiary/aromatic N) is 1. The van der Waals surface area contributed by atoms with Gasteiger partial charge in [-0.25, -0.2) is 14.4 Å². The summed E-state index contributed by atoms with van der Waals surface area (Å²) in [4.78, 5) is 52.5. The first kappa shape index (κ1) is 22.5. The molecule has 1 aromatic carbocycles. The number of hydrogen-bond acceptors (Lipinski definition) is 8. The minimum absolute atomic E-state index is 0.167. The largest absolute Gasteiger partial charge is 0.462 e. The first-order chi connectivity index (χ1) is 15.9. The number of thiophene rings is 1. The summed E-state index contributed by atoms with van der Waals surface area (Å²) in [5.74, 6) is -1.26. The van der Waals surface area contributed by atoms with Gasteiger partial charge in [0.15, 0.2) is 0 Å². The number of fused-ring (bicyclic) bond motifs is 2. The van der Waals surface area contributed by atoms with Crippen molar-refractivity contribution in [2.45, 2.75) is 26.8 Å². The molecule has 2 amide bonds. The van der Waals surface area contributed by atoms with Crippen molar-refractivity contribution in [1.29, 1.82) is 0 Å². The van der Waals surface area contributed by atoms with Gasteiger partial charge in [-0.3, -0.25) is 4.79 Å². The molecule has 0 fully saturated rings. The van der Waals surface area contributed by atoms with E-state index in [1.54, 1.807) is 43.0 Å². The molecular weight excluding hydrogens is 448 g/mol. The van der Waals surface area contributed by atoms with Gasteiger partial charge in [0.05, 0.1) is 25.3 Å². The SMILES string of the molecule is CCOC(=O)c1c(NC(=O)c2cc3ccccc3oc2=O)sc2c1CCN(C(=O)OCC)C2. The van der Waals surface area contributed by atoms with Crippen molar-refractivity contribution in [3.63, 3.8) is 0 Å². The molecule has 2 aromatic heterocycles. The summed E-state index contributed by atoms with van der Waals surface area (Å²) in [6.45, 7) is 4.47. The molecule has 33 heavy (non-hydrogen) atoms. The van der Waals surface area contributed by atoms with Gasteiger partial charge in [0, 0.05) is 16.8 Å². The molecule has 1 aliphatic heterocycles. The van der Waals surface area contributed by atoms with Crippen LogP contribution in [-0.2, 0) is 22.4 Å². The molecule has 0 saturated carbocycles. The van der Waals surface area contributed by atoms with Crippen LogP contribution < -0.4 is 10.9 Å². The molecular formula is C23H22N2O7S. The highest BCUT2D eigenvalue weighted by molar-refractivity contribution is 7.17. The van der Waals surface area contributed by atoms with Crippen LogP contribution in [-0.4, -0.2) is 42.6 Å². The molecule has 0 bridgehead atoms. The number of para-hydroxylation sites is 1. The molecule has 0 radical (unpaired) electrons. The molecule has 0 aliphatic carbocycles. The maximum atomic E-state index is 13.0. The van der Waals surface area contributed by atoms with E-state index in [-0.39, 0.29) is 35.9 Å². The van der Waals surface area contributed by atoms with Crippen LogP contribution in [0.4, 0.5) is 9.80 Å². The maximum Gasteiger partial charge on any atom is 0.410 e. The third-order valence-electron chi connectivity index (χ3n) is 5.18. The van der Waals surface area contributed by atoms with Crippen LogP contribution in [0, 0.1) is 0 Å². The van der Waals surface area contributed by atoms with Gasteiger partial charge in [-0.05, 0) is 38.0 Å². The lowest BCUT2D eigenvalue weighted by Gasteiger charge is -2.26. The summed E-state index contributed by atoms with van der Waals surface area (Å²) in [7, 11) is 0. The predicted octanol–water partition coefficient (Wildman–Crippen LogP) is 3.80. The molecule has 0 atom stereocenters. The Morgan fingerprint density at radius 2 is 1.91 bits per heavy atom. The average molecular weight is 471 g/mol. The van der Waals surface area contributed by atoms with Crippen molar-refractivity contribution in [2.75, 3.05) is 25.1 Å². The molecule has 0 unspecified atom stereocenters. The van der Waals surface area contributed by atoms with E-state index in [9.17, 15) is 19.2 Å². The Bertz CT molecular complexity index is 1290. The fourth-order valence-electron chi connectivity index (χ4n) is 3.67. The van der Waals surface area contributed by atoms with Crippen LogP contribution in [0.15, 0.2) is 39.5 Å². The summed E-state index contributed by atoms with van der Waals surface area (Å²) in [5, 5.41) is 3.55. The van der Waals surface area contributed by atoms with Gasteiger partial charge < -0.3 is 24.1 Å². The van der Waals surface area contributed by atoms with E-state index < -0.39 is 23.6 Å². The lowest BCUT2D eigenvalue weighted by atomic mass is 10.0. The van der Waals surface area contributed by atoms with Crippen LogP contribution in [0.2, 0.25) is 0 Å². The first-order valence-corrected chi connectivity index (χ1v) is 11.3. The normalized spacial score (nSPS) is 12.8. The highest BCUT2D eigenvalue weighted by Crippen LogP contribution is 2.38. The summed E-state index contributed by atoms with van der Waals surface area (Å²) >= 11 is 1.17. The van der Waals surface area contributed by atoms with Gasteiger partial charge in [0.1, 0.15) is 16.1 Å². The van der Waals surface area contributed by atoms with Gasteiger partial charge in [0.2, 0.25) is 0 Å². The van der Waals surface area contributed by atoms with Crippen molar-refractivity contribution >= 4 is 45.3 Å². The standard InChI is InChI=1S/C23H22N2O7S/c1-3-30-22(28)18-14-9-10-25(23(29)31-4-2)12-17(14)33-20(18)24-19(26)15-11-13-7-5-6-8-16(13)32-21(15)27/h5-8,11H,3-4,9-10,12H2,1-2H3,(H,24,26). The number of benzene rings is 1. The predicted molar refractivity (Wildman–Crippen MR) is 122 cm³/mol. The molecule has 1 aliphatic rings. The van der Waals surface area contributed by atoms with Gasteiger partial charge in [-0.15, -0.1) is 11.3 Å². The highest BCUT2D eigenvalue weighted by Gasteiger charge is 2.32. The summed E-state index contributed by atoms with van der Waals surface area (Å²) < 4.78 is 15.5. The second-order valence-corrected chi connectivity index (χ2v) is 8.34. The Balaban J connectivity index is 1.68.